The number of pyridine rings is 1. The Labute approximate surface area is 172 Å². The van der Waals surface area contributed by atoms with Crippen molar-refractivity contribution in [2.75, 3.05) is 14.2 Å². The summed E-state index contributed by atoms with van der Waals surface area (Å²) in [4.78, 5) is 10.1. The predicted octanol–water partition coefficient (Wildman–Crippen LogP) is 6.21. The molecular weight excluding hydrogens is 392 g/mol. The predicted molar refractivity (Wildman–Crippen MR) is 114 cm³/mol. The quantitative estimate of drug-likeness (QED) is 0.393. The van der Waals surface area contributed by atoms with E-state index >= 15 is 0 Å². The van der Waals surface area contributed by atoms with E-state index in [2.05, 4.69) is 4.98 Å². The highest BCUT2D eigenvalue weighted by Crippen LogP contribution is 2.44. The van der Waals surface area contributed by atoms with Crippen molar-refractivity contribution in [3.05, 3.63) is 72.0 Å². The molecule has 0 aliphatic heterocycles. The van der Waals surface area contributed by atoms with E-state index in [0.29, 0.717) is 16.5 Å². The summed E-state index contributed by atoms with van der Waals surface area (Å²) >= 11 is 8.09. The third kappa shape index (κ3) is 3.46. The van der Waals surface area contributed by atoms with Crippen LogP contribution in [0.1, 0.15) is 0 Å². The molecule has 2 aromatic heterocycles. The number of aromatic nitrogens is 2. The Hall–Kier alpha value is -2.89. The second-order valence-corrected chi connectivity index (χ2v) is 7.39. The molecule has 6 heteroatoms. The lowest BCUT2D eigenvalue weighted by Gasteiger charge is -2.10. The Bertz CT molecular complexity index is 1110. The number of ether oxygens (including phenoxy) is 2. The van der Waals surface area contributed by atoms with Crippen LogP contribution in [0.2, 0.25) is 5.02 Å². The molecule has 0 saturated carbocycles. The fourth-order valence-corrected chi connectivity index (χ4v) is 4.34. The summed E-state index contributed by atoms with van der Waals surface area (Å²) in [7, 11) is 3.24. The van der Waals surface area contributed by atoms with E-state index in [0.717, 1.165) is 32.3 Å². The molecule has 28 heavy (non-hydrogen) atoms. The van der Waals surface area contributed by atoms with Crippen molar-refractivity contribution in [2.45, 2.75) is 0 Å². The molecular formula is C22H17ClN2O2S. The fourth-order valence-electron chi connectivity index (χ4n) is 2.94. The van der Waals surface area contributed by atoms with E-state index in [1.165, 1.54) is 0 Å². The average molecular weight is 409 g/mol. The highest BCUT2D eigenvalue weighted by atomic mass is 35.5. The Kier molecular flexibility index (Phi) is 5.28. The van der Waals surface area contributed by atoms with Crippen LogP contribution in [0.3, 0.4) is 0 Å². The molecule has 0 unspecified atom stereocenters. The van der Waals surface area contributed by atoms with Crippen molar-refractivity contribution < 1.29 is 9.47 Å². The van der Waals surface area contributed by atoms with Gasteiger partial charge in [-0.2, -0.15) is 0 Å². The topological polar surface area (TPSA) is 44.2 Å². The minimum absolute atomic E-state index is 0.654. The molecule has 0 spiro atoms. The number of methoxy groups -OCH3 is 2. The molecule has 0 radical (unpaired) electrons. The number of hydrogen-bond acceptors (Lipinski definition) is 5. The average Bonchev–Trinajstić information content (AvgIpc) is 3.19. The van der Waals surface area contributed by atoms with Crippen LogP contribution in [0.5, 0.6) is 11.5 Å². The van der Waals surface area contributed by atoms with Gasteiger partial charge in [0.25, 0.3) is 0 Å². The highest BCUT2D eigenvalue weighted by molar-refractivity contribution is 7.19. The maximum Gasteiger partial charge on any atom is 0.161 e. The van der Waals surface area contributed by atoms with Gasteiger partial charge < -0.3 is 9.47 Å². The van der Waals surface area contributed by atoms with E-state index in [4.69, 9.17) is 26.1 Å². The molecule has 0 aliphatic carbocycles. The summed E-state index contributed by atoms with van der Waals surface area (Å²) in [5.41, 5.74) is 3.69. The summed E-state index contributed by atoms with van der Waals surface area (Å²) in [5.74, 6) is 1.33. The second-order valence-electron chi connectivity index (χ2n) is 5.99. The lowest BCUT2D eigenvalue weighted by atomic mass is 10.1. The van der Waals surface area contributed by atoms with Crippen molar-refractivity contribution >= 4 is 22.9 Å². The number of rotatable bonds is 5. The normalized spacial score (nSPS) is 10.7. The number of nitrogens with zero attached hydrogens (tertiary/aromatic N) is 2. The molecule has 0 atom stereocenters. The number of benzene rings is 2. The molecule has 4 rings (SSSR count). The van der Waals surface area contributed by atoms with Gasteiger partial charge in [-0.3, -0.25) is 4.98 Å². The third-order valence-electron chi connectivity index (χ3n) is 4.31. The summed E-state index contributed by atoms with van der Waals surface area (Å²) in [6.45, 7) is 0. The van der Waals surface area contributed by atoms with E-state index in [1.54, 1.807) is 31.8 Å². The van der Waals surface area contributed by atoms with E-state index < -0.39 is 0 Å². The van der Waals surface area contributed by atoms with Crippen LogP contribution in [0.25, 0.3) is 32.3 Å². The van der Waals surface area contributed by atoms with Crippen molar-refractivity contribution in [2.24, 2.45) is 0 Å². The fraction of sp³-hybridized carbons (Fsp3) is 0.0909. The van der Waals surface area contributed by atoms with Crippen molar-refractivity contribution in [3.63, 3.8) is 0 Å². The zero-order valence-corrected chi connectivity index (χ0v) is 16.9. The molecule has 0 fully saturated rings. The Balaban J connectivity index is 1.93. The second kappa shape index (κ2) is 8.00. The van der Waals surface area contributed by atoms with E-state index in [-0.39, 0.29) is 0 Å². The van der Waals surface area contributed by atoms with Crippen LogP contribution in [0.15, 0.2) is 67.0 Å². The minimum Gasteiger partial charge on any atom is -0.493 e. The molecule has 4 aromatic rings. The molecule has 2 heterocycles. The van der Waals surface area contributed by atoms with Crippen LogP contribution in [-0.4, -0.2) is 24.2 Å². The minimum atomic E-state index is 0.654. The Morgan fingerprint density at radius 1 is 0.893 bits per heavy atom. The third-order valence-corrected chi connectivity index (χ3v) is 5.78. The van der Waals surface area contributed by atoms with E-state index in [9.17, 15) is 0 Å². The van der Waals surface area contributed by atoms with Gasteiger partial charge in [0.2, 0.25) is 0 Å². The molecule has 0 bridgehead atoms. The standard InChI is InChI=1S/C22H17ClN2O2S/c1-26-18-10-9-14(12-19(18)27-2)20-21(16-7-3-4-8-17(16)23)28-22(25-20)15-6-5-11-24-13-15/h3-13H,1-2H3. The molecule has 0 amide bonds. The van der Waals surface area contributed by atoms with Gasteiger partial charge in [0.05, 0.1) is 24.8 Å². The van der Waals surface area contributed by atoms with Crippen LogP contribution in [0, 0.1) is 0 Å². The molecule has 0 aliphatic rings. The molecule has 140 valence electrons. The lowest BCUT2D eigenvalue weighted by molar-refractivity contribution is 0.355. The van der Waals surface area contributed by atoms with Gasteiger partial charge in [-0.05, 0) is 36.4 Å². The zero-order valence-electron chi connectivity index (χ0n) is 15.3. The van der Waals surface area contributed by atoms with Gasteiger partial charge in [-0.1, -0.05) is 29.8 Å². The molecule has 0 saturated heterocycles. The van der Waals surface area contributed by atoms with Crippen LogP contribution < -0.4 is 9.47 Å². The first-order valence-electron chi connectivity index (χ1n) is 8.59. The Morgan fingerprint density at radius 3 is 2.43 bits per heavy atom. The highest BCUT2D eigenvalue weighted by Gasteiger charge is 2.19. The smallest absolute Gasteiger partial charge is 0.161 e. The number of hydrogen-bond donors (Lipinski definition) is 0. The monoisotopic (exact) mass is 408 g/mol. The first kappa shape index (κ1) is 18.5. The molecule has 2 aromatic carbocycles. The first-order valence-corrected chi connectivity index (χ1v) is 9.79. The summed E-state index contributed by atoms with van der Waals surface area (Å²) in [6.07, 6.45) is 3.56. The SMILES string of the molecule is COc1ccc(-c2nc(-c3cccnc3)sc2-c2ccccc2Cl)cc1OC. The van der Waals surface area contributed by atoms with Crippen molar-refractivity contribution in [1.82, 2.24) is 9.97 Å². The van der Waals surface area contributed by atoms with E-state index in [1.807, 2.05) is 60.8 Å². The van der Waals surface area contributed by atoms with Gasteiger partial charge in [0.1, 0.15) is 5.01 Å². The van der Waals surface area contributed by atoms with Crippen LogP contribution in [0.4, 0.5) is 0 Å². The van der Waals surface area contributed by atoms with Crippen molar-refractivity contribution in [1.29, 1.82) is 0 Å². The van der Waals surface area contributed by atoms with Crippen LogP contribution >= 0.6 is 22.9 Å². The number of halogens is 1. The van der Waals surface area contributed by atoms with Gasteiger partial charge in [-0.25, -0.2) is 4.98 Å². The largest absolute Gasteiger partial charge is 0.493 e. The summed E-state index contributed by atoms with van der Waals surface area (Å²) in [6, 6.07) is 17.5. The Morgan fingerprint density at radius 2 is 1.71 bits per heavy atom. The van der Waals surface area contributed by atoms with Crippen LogP contribution in [-0.2, 0) is 0 Å². The maximum atomic E-state index is 6.50. The summed E-state index contributed by atoms with van der Waals surface area (Å²) < 4.78 is 10.8. The van der Waals surface area contributed by atoms with Gasteiger partial charge in [0, 0.05) is 34.1 Å². The van der Waals surface area contributed by atoms with Gasteiger partial charge in [0.15, 0.2) is 11.5 Å². The number of thiazole rings is 1. The zero-order chi connectivity index (χ0) is 19.5. The molecule has 0 N–H and O–H groups in total. The van der Waals surface area contributed by atoms with Gasteiger partial charge in [-0.15, -0.1) is 11.3 Å². The first-order chi connectivity index (χ1) is 13.7. The van der Waals surface area contributed by atoms with Crippen molar-refractivity contribution in [3.8, 4) is 43.8 Å². The summed E-state index contributed by atoms with van der Waals surface area (Å²) in [5, 5.41) is 1.57. The maximum absolute atomic E-state index is 6.50. The van der Waals surface area contributed by atoms with Gasteiger partial charge >= 0.3 is 0 Å². The lowest BCUT2D eigenvalue weighted by Crippen LogP contribution is -1.91. The molecule has 4 nitrogen and oxygen atoms in total.